The maximum absolute atomic E-state index is 12.4. The standard InChI is InChI=1S/C15H28N2O/c1-17(12-13-8-5-6-9-13)15(18)14-10-4-2-3-7-11-16-14/h13-14,16H,2-12H2,1H3. The van der Waals surface area contributed by atoms with E-state index in [2.05, 4.69) is 5.32 Å². The molecule has 2 fully saturated rings. The highest BCUT2D eigenvalue weighted by molar-refractivity contribution is 5.81. The number of likely N-dealkylation sites (N-methyl/N-ethyl adjacent to an activating group) is 1. The predicted octanol–water partition coefficient (Wildman–Crippen LogP) is 2.56. The van der Waals surface area contributed by atoms with Crippen LogP contribution in [0.15, 0.2) is 0 Å². The normalized spacial score (nSPS) is 26.6. The van der Waals surface area contributed by atoms with E-state index in [0.29, 0.717) is 5.91 Å². The molecule has 0 aromatic rings. The number of hydrogen-bond acceptors (Lipinski definition) is 2. The van der Waals surface area contributed by atoms with Gasteiger partial charge in [0.15, 0.2) is 0 Å². The van der Waals surface area contributed by atoms with Crippen molar-refractivity contribution in [3.05, 3.63) is 0 Å². The van der Waals surface area contributed by atoms with Gasteiger partial charge in [0.1, 0.15) is 0 Å². The van der Waals surface area contributed by atoms with Gasteiger partial charge in [0.25, 0.3) is 0 Å². The molecule has 0 aromatic heterocycles. The Morgan fingerprint density at radius 2 is 1.72 bits per heavy atom. The van der Waals surface area contributed by atoms with E-state index < -0.39 is 0 Å². The van der Waals surface area contributed by atoms with Gasteiger partial charge in [-0.2, -0.15) is 0 Å². The van der Waals surface area contributed by atoms with Crippen LogP contribution in [-0.2, 0) is 4.79 Å². The molecule has 1 aliphatic carbocycles. The van der Waals surface area contributed by atoms with Crippen molar-refractivity contribution < 1.29 is 4.79 Å². The van der Waals surface area contributed by atoms with Crippen LogP contribution in [0.5, 0.6) is 0 Å². The largest absolute Gasteiger partial charge is 0.344 e. The number of nitrogens with zero attached hydrogens (tertiary/aromatic N) is 1. The monoisotopic (exact) mass is 252 g/mol. The van der Waals surface area contributed by atoms with Gasteiger partial charge in [0, 0.05) is 13.6 Å². The van der Waals surface area contributed by atoms with Crippen LogP contribution in [0.2, 0.25) is 0 Å². The molecule has 0 spiro atoms. The Morgan fingerprint density at radius 3 is 2.50 bits per heavy atom. The Kier molecular flexibility index (Phi) is 5.48. The minimum absolute atomic E-state index is 0.0803. The number of carbonyl (C=O) groups is 1. The third kappa shape index (κ3) is 3.98. The highest BCUT2D eigenvalue weighted by Crippen LogP contribution is 2.25. The number of carbonyl (C=O) groups excluding carboxylic acids is 1. The summed E-state index contributed by atoms with van der Waals surface area (Å²) in [5.41, 5.74) is 0. The lowest BCUT2D eigenvalue weighted by Gasteiger charge is -2.27. The molecule has 0 radical (unpaired) electrons. The van der Waals surface area contributed by atoms with Gasteiger partial charge in [-0.25, -0.2) is 0 Å². The molecule has 1 N–H and O–H groups in total. The molecule has 0 bridgehead atoms. The lowest BCUT2D eigenvalue weighted by atomic mass is 10.0. The summed E-state index contributed by atoms with van der Waals surface area (Å²) >= 11 is 0. The van der Waals surface area contributed by atoms with E-state index in [0.717, 1.165) is 25.4 Å². The molecule has 2 aliphatic rings. The summed E-state index contributed by atoms with van der Waals surface area (Å²) in [6.45, 7) is 1.98. The van der Waals surface area contributed by atoms with Crippen LogP contribution in [0.4, 0.5) is 0 Å². The minimum atomic E-state index is 0.0803. The lowest BCUT2D eigenvalue weighted by Crippen LogP contribution is -2.46. The molecular formula is C15H28N2O. The topological polar surface area (TPSA) is 32.3 Å². The van der Waals surface area contributed by atoms with Gasteiger partial charge in [0.2, 0.25) is 5.91 Å². The summed E-state index contributed by atoms with van der Waals surface area (Å²) in [6, 6.07) is 0.0803. The fourth-order valence-electron chi connectivity index (χ4n) is 3.35. The van der Waals surface area contributed by atoms with Crippen molar-refractivity contribution in [1.82, 2.24) is 10.2 Å². The SMILES string of the molecule is CN(CC1CCCC1)C(=O)C1CCCCCCN1. The summed E-state index contributed by atoms with van der Waals surface area (Å²) < 4.78 is 0. The smallest absolute Gasteiger partial charge is 0.239 e. The quantitative estimate of drug-likeness (QED) is 0.837. The fraction of sp³-hybridized carbons (Fsp3) is 0.933. The average molecular weight is 252 g/mol. The molecule has 1 aliphatic heterocycles. The van der Waals surface area contributed by atoms with Crippen LogP contribution >= 0.6 is 0 Å². The molecule has 1 amide bonds. The van der Waals surface area contributed by atoms with E-state index in [9.17, 15) is 4.79 Å². The highest BCUT2D eigenvalue weighted by atomic mass is 16.2. The lowest BCUT2D eigenvalue weighted by molar-refractivity contribution is -0.133. The van der Waals surface area contributed by atoms with Gasteiger partial charge in [-0.1, -0.05) is 32.1 Å². The van der Waals surface area contributed by atoms with Gasteiger partial charge in [-0.05, 0) is 38.1 Å². The molecule has 18 heavy (non-hydrogen) atoms. The molecule has 2 rings (SSSR count). The zero-order valence-corrected chi connectivity index (χ0v) is 11.8. The van der Waals surface area contributed by atoms with Gasteiger partial charge < -0.3 is 10.2 Å². The van der Waals surface area contributed by atoms with Crippen LogP contribution in [0, 0.1) is 5.92 Å². The number of amides is 1. The molecule has 3 heteroatoms. The van der Waals surface area contributed by atoms with E-state index in [1.54, 1.807) is 0 Å². The fourth-order valence-corrected chi connectivity index (χ4v) is 3.35. The molecule has 1 saturated heterocycles. The first-order valence-corrected chi connectivity index (χ1v) is 7.76. The molecular weight excluding hydrogens is 224 g/mol. The Balaban J connectivity index is 1.79. The third-order valence-corrected chi connectivity index (χ3v) is 4.49. The summed E-state index contributed by atoms with van der Waals surface area (Å²) in [5.74, 6) is 1.08. The summed E-state index contributed by atoms with van der Waals surface area (Å²) in [7, 11) is 1.99. The van der Waals surface area contributed by atoms with Crippen molar-refractivity contribution in [1.29, 1.82) is 0 Å². The second-order valence-corrected chi connectivity index (χ2v) is 6.08. The maximum Gasteiger partial charge on any atom is 0.239 e. The van der Waals surface area contributed by atoms with Crippen molar-refractivity contribution >= 4 is 5.91 Å². The first kappa shape index (κ1) is 13.9. The minimum Gasteiger partial charge on any atom is -0.344 e. The molecule has 1 atom stereocenters. The Labute approximate surface area is 111 Å². The Bertz CT molecular complexity index is 253. The average Bonchev–Trinajstić information content (AvgIpc) is 2.80. The Hall–Kier alpha value is -0.570. The summed E-state index contributed by atoms with van der Waals surface area (Å²) in [4.78, 5) is 14.4. The highest BCUT2D eigenvalue weighted by Gasteiger charge is 2.25. The van der Waals surface area contributed by atoms with Crippen LogP contribution in [0.3, 0.4) is 0 Å². The molecule has 1 heterocycles. The second-order valence-electron chi connectivity index (χ2n) is 6.08. The van der Waals surface area contributed by atoms with Crippen LogP contribution < -0.4 is 5.32 Å². The molecule has 104 valence electrons. The zero-order chi connectivity index (χ0) is 12.8. The van der Waals surface area contributed by atoms with Crippen molar-refractivity contribution in [3.63, 3.8) is 0 Å². The predicted molar refractivity (Wildman–Crippen MR) is 74.5 cm³/mol. The van der Waals surface area contributed by atoms with Crippen LogP contribution in [0.1, 0.15) is 57.8 Å². The summed E-state index contributed by atoms with van der Waals surface area (Å²) in [6.07, 6.45) is 11.4. The maximum atomic E-state index is 12.4. The molecule has 1 unspecified atom stereocenters. The van der Waals surface area contributed by atoms with Gasteiger partial charge in [0.05, 0.1) is 6.04 Å². The van der Waals surface area contributed by atoms with Crippen LogP contribution in [-0.4, -0.2) is 37.0 Å². The second kappa shape index (κ2) is 7.13. The van der Waals surface area contributed by atoms with Crippen molar-refractivity contribution in [2.75, 3.05) is 20.1 Å². The number of rotatable bonds is 3. The summed E-state index contributed by atoms with van der Waals surface area (Å²) in [5, 5.41) is 3.44. The third-order valence-electron chi connectivity index (χ3n) is 4.49. The number of nitrogens with one attached hydrogen (secondary N) is 1. The first-order chi connectivity index (χ1) is 8.77. The van der Waals surface area contributed by atoms with Crippen molar-refractivity contribution in [2.24, 2.45) is 5.92 Å². The molecule has 0 aromatic carbocycles. The number of hydrogen-bond donors (Lipinski definition) is 1. The van der Waals surface area contributed by atoms with Crippen molar-refractivity contribution in [3.8, 4) is 0 Å². The van der Waals surface area contributed by atoms with Gasteiger partial charge in [-0.15, -0.1) is 0 Å². The van der Waals surface area contributed by atoms with E-state index in [-0.39, 0.29) is 6.04 Å². The van der Waals surface area contributed by atoms with E-state index in [1.165, 1.54) is 51.4 Å². The Morgan fingerprint density at radius 1 is 1.06 bits per heavy atom. The zero-order valence-electron chi connectivity index (χ0n) is 11.8. The first-order valence-electron chi connectivity index (χ1n) is 7.76. The van der Waals surface area contributed by atoms with E-state index in [4.69, 9.17) is 0 Å². The van der Waals surface area contributed by atoms with E-state index in [1.807, 2.05) is 11.9 Å². The van der Waals surface area contributed by atoms with Crippen molar-refractivity contribution in [2.45, 2.75) is 63.8 Å². The molecule has 3 nitrogen and oxygen atoms in total. The van der Waals surface area contributed by atoms with E-state index >= 15 is 0 Å². The van der Waals surface area contributed by atoms with Gasteiger partial charge in [-0.3, -0.25) is 4.79 Å². The molecule has 1 saturated carbocycles. The van der Waals surface area contributed by atoms with Gasteiger partial charge >= 0.3 is 0 Å². The van der Waals surface area contributed by atoms with Crippen LogP contribution in [0.25, 0.3) is 0 Å².